The van der Waals surface area contributed by atoms with Gasteiger partial charge < -0.3 is 10.1 Å². The van der Waals surface area contributed by atoms with Crippen molar-refractivity contribution in [2.75, 3.05) is 32.3 Å². The fourth-order valence-corrected chi connectivity index (χ4v) is 3.33. The van der Waals surface area contributed by atoms with E-state index in [1.54, 1.807) is 7.05 Å². The van der Waals surface area contributed by atoms with Crippen molar-refractivity contribution in [3.63, 3.8) is 0 Å². The molecule has 1 unspecified atom stereocenters. The predicted molar refractivity (Wildman–Crippen MR) is 78.2 cm³/mol. The van der Waals surface area contributed by atoms with Gasteiger partial charge >= 0.3 is 0 Å². The minimum absolute atomic E-state index is 0.0620. The predicted octanol–water partition coefficient (Wildman–Crippen LogP) is 1.63. The average molecular weight is 285 g/mol. The highest BCUT2D eigenvalue weighted by molar-refractivity contribution is 7.91. The quantitative estimate of drug-likeness (QED) is 0.827. The van der Waals surface area contributed by atoms with Crippen LogP contribution in [0.4, 0.5) is 0 Å². The smallest absolute Gasteiger partial charge is 0.154 e. The van der Waals surface area contributed by atoms with Crippen LogP contribution in [0.25, 0.3) is 0 Å². The zero-order valence-electron chi connectivity index (χ0n) is 12.1. The van der Waals surface area contributed by atoms with Gasteiger partial charge in [-0.1, -0.05) is 18.2 Å². The normalized spacial score (nSPS) is 13.5. The van der Waals surface area contributed by atoms with Gasteiger partial charge in [-0.05, 0) is 37.6 Å². The van der Waals surface area contributed by atoms with E-state index in [0.717, 1.165) is 5.56 Å². The summed E-state index contributed by atoms with van der Waals surface area (Å²) in [5.41, 5.74) is 3.39. The van der Waals surface area contributed by atoms with Gasteiger partial charge in [0.2, 0.25) is 0 Å². The molecule has 0 aromatic heterocycles. The molecule has 0 aliphatic carbocycles. The van der Waals surface area contributed by atoms with Crippen LogP contribution < -0.4 is 5.32 Å². The molecule has 0 bridgehead atoms. The van der Waals surface area contributed by atoms with Crippen LogP contribution in [0.1, 0.15) is 22.7 Å². The standard InChI is InChI=1S/C14H23NO3S/c1-11-5-6-13(9-12(11)2)14(15-3)10-19(16,17)8-7-18-4/h5-6,9,14-15H,7-8,10H2,1-4H3. The lowest BCUT2D eigenvalue weighted by molar-refractivity contribution is 0.217. The van der Waals surface area contributed by atoms with E-state index in [0.29, 0.717) is 0 Å². The molecule has 108 valence electrons. The minimum atomic E-state index is -3.11. The van der Waals surface area contributed by atoms with Crippen LogP contribution in [0, 0.1) is 13.8 Å². The fraction of sp³-hybridized carbons (Fsp3) is 0.571. The van der Waals surface area contributed by atoms with Crippen molar-refractivity contribution in [2.24, 2.45) is 0 Å². The number of sulfone groups is 1. The first-order valence-electron chi connectivity index (χ1n) is 6.33. The number of ether oxygens (including phenoxy) is 1. The van der Waals surface area contributed by atoms with Gasteiger partial charge in [0.05, 0.1) is 18.1 Å². The van der Waals surface area contributed by atoms with Crippen molar-refractivity contribution in [1.29, 1.82) is 0 Å². The topological polar surface area (TPSA) is 55.4 Å². The van der Waals surface area contributed by atoms with E-state index in [1.165, 1.54) is 18.2 Å². The van der Waals surface area contributed by atoms with Crippen molar-refractivity contribution in [3.8, 4) is 0 Å². The van der Waals surface area contributed by atoms with E-state index in [9.17, 15) is 8.42 Å². The van der Waals surface area contributed by atoms with Gasteiger partial charge in [-0.3, -0.25) is 0 Å². The number of hydrogen-bond donors (Lipinski definition) is 1. The molecule has 0 saturated carbocycles. The third-order valence-corrected chi connectivity index (χ3v) is 4.93. The molecule has 0 heterocycles. The average Bonchev–Trinajstić information content (AvgIpc) is 2.37. The highest BCUT2D eigenvalue weighted by Gasteiger charge is 2.19. The van der Waals surface area contributed by atoms with Gasteiger partial charge in [-0.25, -0.2) is 8.42 Å². The molecule has 1 rings (SSSR count). The second kappa shape index (κ2) is 7.03. The Kier molecular flexibility index (Phi) is 5.97. The molecule has 1 atom stereocenters. The van der Waals surface area contributed by atoms with Gasteiger partial charge in [0.15, 0.2) is 9.84 Å². The Labute approximate surface area is 116 Å². The van der Waals surface area contributed by atoms with Gasteiger partial charge in [-0.2, -0.15) is 0 Å². The van der Waals surface area contributed by atoms with Gasteiger partial charge in [0.1, 0.15) is 0 Å². The lowest BCUT2D eigenvalue weighted by Gasteiger charge is -2.18. The highest BCUT2D eigenvalue weighted by atomic mass is 32.2. The van der Waals surface area contributed by atoms with Crippen molar-refractivity contribution < 1.29 is 13.2 Å². The molecule has 0 saturated heterocycles. The molecule has 1 N–H and O–H groups in total. The number of benzene rings is 1. The molecule has 0 aliphatic rings. The van der Waals surface area contributed by atoms with Crippen molar-refractivity contribution in [3.05, 3.63) is 34.9 Å². The summed E-state index contributed by atoms with van der Waals surface area (Å²) in [6, 6.07) is 5.87. The van der Waals surface area contributed by atoms with E-state index in [-0.39, 0.29) is 24.2 Å². The first-order chi connectivity index (χ1) is 8.89. The molecule has 5 heteroatoms. The van der Waals surface area contributed by atoms with Crippen LogP contribution >= 0.6 is 0 Å². The second-order valence-corrected chi connectivity index (χ2v) is 7.02. The van der Waals surface area contributed by atoms with Crippen LogP contribution in [-0.2, 0) is 14.6 Å². The summed E-state index contributed by atoms with van der Waals surface area (Å²) in [5.74, 6) is 0.155. The molecular weight excluding hydrogens is 262 g/mol. The SMILES string of the molecule is CNC(CS(=O)(=O)CCOC)c1ccc(C)c(C)c1. The Hall–Kier alpha value is -0.910. The Morgan fingerprint density at radius 2 is 1.95 bits per heavy atom. The Morgan fingerprint density at radius 1 is 1.26 bits per heavy atom. The van der Waals surface area contributed by atoms with Crippen LogP contribution in [0.15, 0.2) is 18.2 Å². The maximum absolute atomic E-state index is 12.0. The van der Waals surface area contributed by atoms with Crippen molar-refractivity contribution in [2.45, 2.75) is 19.9 Å². The molecular formula is C14H23NO3S. The summed E-state index contributed by atoms with van der Waals surface area (Å²) >= 11 is 0. The third kappa shape index (κ3) is 4.93. The summed E-state index contributed by atoms with van der Waals surface area (Å²) in [6.07, 6.45) is 0. The Morgan fingerprint density at radius 3 is 2.47 bits per heavy atom. The highest BCUT2D eigenvalue weighted by Crippen LogP contribution is 2.18. The number of hydrogen-bond acceptors (Lipinski definition) is 4. The zero-order valence-corrected chi connectivity index (χ0v) is 12.9. The number of rotatable bonds is 7. The lowest BCUT2D eigenvalue weighted by Crippen LogP contribution is -2.27. The molecule has 0 fully saturated rings. The maximum Gasteiger partial charge on any atom is 0.154 e. The molecule has 0 radical (unpaired) electrons. The summed E-state index contributed by atoms with van der Waals surface area (Å²) in [5, 5.41) is 3.08. The molecule has 0 spiro atoms. The third-order valence-electron chi connectivity index (χ3n) is 3.30. The van der Waals surface area contributed by atoms with E-state index in [4.69, 9.17) is 4.74 Å². The first-order valence-corrected chi connectivity index (χ1v) is 8.15. The number of methoxy groups -OCH3 is 1. The van der Waals surface area contributed by atoms with E-state index >= 15 is 0 Å². The van der Waals surface area contributed by atoms with E-state index < -0.39 is 9.84 Å². The Bertz CT molecular complexity index is 511. The fourth-order valence-electron chi connectivity index (χ4n) is 1.88. The van der Waals surface area contributed by atoms with E-state index in [2.05, 4.69) is 5.32 Å². The van der Waals surface area contributed by atoms with Crippen LogP contribution in [-0.4, -0.2) is 40.7 Å². The monoisotopic (exact) mass is 285 g/mol. The first kappa shape index (κ1) is 16.1. The number of nitrogens with one attached hydrogen (secondary N) is 1. The summed E-state index contributed by atoms with van der Waals surface area (Å²) < 4.78 is 28.8. The van der Waals surface area contributed by atoms with Gasteiger partial charge in [0.25, 0.3) is 0 Å². The summed E-state index contributed by atoms with van der Waals surface area (Å²) in [6.45, 7) is 4.32. The van der Waals surface area contributed by atoms with Gasteiger partial charge in [-0.15, -0.1) is 0 Å². The summed E-state index contributed by atoms with van der Waals surface area (Å²) in [4.78, 5) is 0. The van der Waals surface area contributed by atoms with Crippen LogP contribution in [0.2, 0.25) is 0 Å². The molecule has 1 aromatic carbocycles. The molecule has 4 nitrogen and oxygen atoms in total. The maximum atomic E-state index is 12.0. The van der Waals surface area contributed by atoms with Crippen molar-refractivity contribution >= 4 is 9.84 Å². The summed E-state index contributed by atoms with van der Waals surface area (Å²) in [7, 11) is 0.178. The van der Waals surface area contributed by atoms with Crippen LogP contribution in [0.3, 0.4) is 0 Å². The minimum Gasteiger partial charge on any atom is -0.384 e. The molecule has 0 aliphatic heterocycles. The Balaban J connectivity index is 2.86. The second-order valence-electron chi connectivity index (χ2n) is 4.79. The zero-order chi connectivity index (χ0) is 14.5. The van der Waals surface area contributed by atoms with Crippen molar-refractivity contribution in [1.82, 2.24) is 5.32 Å². The molecule has 19 heavy (non-hydrogen) atoms. The molecule has 0 amide bonds. The number of aryl methyl sites for hydroxylation is 2. The van der Waals surface area contributed by atoms with Gasteiger partial charge in [0, 0.05) is 13.2 Å². The van der Waals surface area contributed by atoms with E-state index in [1.807, 2.05) is 32.0 Å². The molecule has 1 aromatic rings. The largest absolute Gasteiger partial charge is 0.384 e. The van der Waals surface area contributed by atoms with Crippen LogP contribution in [0.5, 0.6) is 0 Å². The lowest BCUT2D eigenvalue weighted by atomic mass is 10.0.